The summed E-state index contributed by atoms with van der Waals surface area (Å²) in [6.07, 6.45) is 3.86. The monoisotopic (exact) mass is 249 g/mol. The molecule has 0 saturated heterocycles. The molecule has 3 heteroatoms. The van der Waals surface area contributed by atoms with Crippen molar-refractivity contribution in [2.24, 2.45) is 0 Å². The van der Waals surface area contributed by atoms with Gasteiger partial charge in [-0.1, -0.05) is 18.2 Å². The highest BCUT2D eigenvalue weighted by molar-refractivity contribution is 5.71. The lowest BCUT2D eigenvalue weighted by Crippen LogP contribution is -2.33. The Morgan fingerprint density at radius 2 is 2.00 bits per heavy atom. The van der Waals surface area contributed by atoms with Crippen LogP contribution < -0.4 is 4.90 Å². The maximum Gasteiger partial charge on any atom is 0.164 e. The van der Waals surface area contributed by atoms with Gasteiger partial charge in [-0.15, -0.1) is 0 Å². The number of anilines is 2. The van der Waals surface area contributed by atoms with E-state index in [0.29, 0.717) is 11.7 Å². The van der Waals surface area contributed by atoms with E-state index in [4.69, 9.17) is 0 Å². The molecule has 3 rings (SSSR count). The summed E-state index contributed by atoms with van der Waals surface area (Å²) in [5.74, 6) is 0. The maximum absolute atomic E-state index is 9.24. The van der Waals surface area contributed by atoms with Gasteiger partial charge in [-0.25, -0.2) is 4.98 Å². The van der Waals surface area contributed by atoms with Crippen molar-refractivity contribution in [2.45, 2.75) is 25.8 Å². The molecule has 2 aromatic rings. The number of nitriles is 1. The third kappa shape index (κ3) is 1.96. The Morgan fingerprint density at radius 1 is 1.21 bits per heavy atom. The zero-order valence-electron chi connectivity index (χ0n) is 10.9. The predicted octanol–water partition coefficient (Wildman–Crippen LogP) is 3.43. The smallest absolute Gasteiger partial charge is 0.164 e. The van der Waals surface area contributed by atoms with E-state index in [1.54, 1.807) is 6.20 Å². The van der Waals surface area contributed by atoms with Gasteiger partial charge in [-0.3, -0.25) is 0 Å². The van der Waals surface area contributed by atoms with Crippen LogP contribution >= 0.6 is 0 Å². The van der Waals surface area contributed by atoms with E-state index >= 15 is 0 Å². The number of aromatic nitrogens is 1. The van der Waals surface area contributed by atoms with Crippen molar-refractivity contribution in [1.82, 2.24) is 4.98 Å². The molecule has 0 saturated carbocycles. The van der Waals surface area contributed by atoms with Crippen LogP contribution in [-0.2, 0) is 6.42 Å². The number of rotatable bonds is 1. The van der Waals surface area contributed by atoms with Crippen LogP contribution in [0.1, 0.15) is 24.6 Å². The Morgan fingerprint density at radius 3 is 2.84 bits per heavy atom. The number of fused-ring (bicyclic) bond motifs is 1. The lowest BCUT2D eigenvalue weighted by Gasteiger charge is -2.37. The summed E-state index contributed by atoms with van der Waals surface area (Å²) in [7, 11) is 0. The SMILES string of the molecule is CC1CCc2ccccc2N1c1cccnc1C#N. The molecular formula is C16H15N3. The highest BCUT2D eigenvalue weighted by Gasteiger charge is 2.25. The first kappa shape index (κ1) is 11.7. The second kappa shape index (κ2) is 4.74. The average molecular weight is 249 g/mol. The zero-order chi connectivity index (χ0) is 13.2. The molecule has 2 heterocycles. The Balaban J connectivity index is 2.17. The van der Waals surface area contributed by atoms with Crippen LogP contribution in [-0.4, -0.2) is 11.0 Å². The summed E-state index contributed by atoms with van der Waals surface area (Å²) >= 11 is 0. The van der Waals surface area contributed by atoms with Crippen LogP contribution in [0.4, 0.5) is 11.4 Å². The molecule has 0 radical (unpaired) electrons. The molecule has 1 aliphatic heterocycles. The topological polar surface area (TPSA) is 39.9 Å². The molecule has 0 N–H and O–H groups in total. The van der Waals surface area contributed by atoms with Gasteiger partial charge in [-0.2, -0.15) is 5.26 Å². The number of benzene rings is 1. The molecule has 1 aromatic heterocycles. The lowest BCUT2D eigenvalue weighted by molar-refractivity contribution is 0.617. The largest absolute Gasteiger partial charge is 0.336 e. The molecule has 3 nitrogen and oxygen atoms in total. The number of hydrogen-bond acceptors (Lipinski definition) is 3. The van der Waals surface area contributed by atoms with Crippen LogP contribution in [0.2, 0.25) is 0 Å². The molecule has 0 spiro atoms. The molecule has 0 bridgehead atoms. The van der Waals surface area contributed by atoms with Gasteiger partial charge < -0.3 is 4.90 Å². The first-order chi connectivity index (χ1) is 9.31. The highest BCUT2D eigenvalue weighted by atomic mass is 15.2. The van der Waals surface area contributed by atoms with E-state index in [-0.39, 0.29) is 0 Å². The second-order valence-corrected chi connectivity index (χ2v) is 4.87. The zero-order valence-corrected chi connectivity index (χ0v) is 10.9. The van der Waals surface area contributed by atoms with Crippen molar-refractivity contribution in [1.29, 1.82) is 5.26 Å². The summed E-state index contributed by atoms with van der Waals surface area (Å²) in [6.45, 7) is 2.20. The lowest BCUT2D eigenvalue weighted by atomic mass is 9.96. The molecule has 1 aromatic carbocycles. The molecule has 1 aliphatic rings. The Kier molecular flexibility index (Phi) is 2.92. The number of aryl methyl sites for hydroxylation is 1. The fourth-order valence-electron chi connectivity index (χ4n) is 2.73. The molecular weight excluding hydrogens is 234 g/mol. The summed E-state index contributed by atoms with van der Waals surface area (Å²) in [5, 5.41) is 9.24. The third-order valence-electron chi connectivity index (χ3n) is 3.68. The first-order valence-electron chi connectivity index (χ1n) is 6.53. The van der Waals surface area contributed by atoms with Crippen LogP contribution in [0.15, 0.2) is 42.6 Å². The van der Waals surface area contributed by atoms with Gasteiger partial charge in [0.25, 0.3) is 0 Å². The van der Waals surface area contributed by atoms with Crippen molar-refractivity contribution >= 4 is 11.4 Å². The second-order valence-electron chi connectivity index (χ2n) is 4.87. The van der Waals surface area contributed by atoms with E-state index in [1.165, 1.54) is 11.3 Å². The van der Waals surface area contributed by atoms with Crippen molar-refractivity contribution in [3.63, 3.8) is 0 Å². The van der Waals surface area contributed by atoms with Gasteiger partial charge in [0, 0.05) is 17.9 Å². The molecule has 1 atom stereocenters. The molecule has 0 amide bonds. The maximum atomic E-state index is 9.24. The van der Waals surface area contributed by atoms with Crippen molar-refractivity contribution in [2.75, 3.05) is 4.90 Å². The standard InChI is InChI=1S/C16H15N3/c1-12-8-9-13-5-2-3-6-15(13)19(12)16-7-4-10-18-14(16)11-17/h2-7,10,12H,8-9H2,1H3. The Hall–Kier alpha value is -2.34. The van der Waals surface area contributed by atoms with Crippen molar-refractivity contribution < 1.29 is 0 Å². The number of pyridine rings is 1. The molecule has 94 valence electrons. The minimum atomic E-state index is 0.381. The van der Waals surface area contributed by atoms with Crippen LogP contribution in [0.5, 0.6) is 0 Å². The average Bonchev–Trinajstić information content (AvgIpc) is 2.47. The molecule has 1 unspecified atom stereocenters. The number of nitrogens with zero attached hydrogens (tertiary/aromatic N) is 3. The van der Waals surface area contributed by atoms with Gasteiger partial charge in [0.15, 0.2) is 5.69 Å². The number of para-hydroxylation sites is 1. The Labute approximate surface area is 113 Å². The van der Waals surface area contributed by atoms with Crippen LogP contribution in [0.3, 0.4) is 0 Å². The number of hydrogen-bond donors (Lipinski definition) is 0. The van der Waals surface area contributed by atoms with E-state index in [9.17, 15) is 5.26 Å². The van der Waals surface area contributed by atoms with E-state index in [0.717, 1.165) is 18.5 Å². The van der Waals surface area contributed by atoms with Crippen molar-refractivity contribution in [3.05, 3.63) is 53.9 Å². The molecule has 0 aliphatic carbocycles. The summed E-state index contributed by atoms with van der Waals surface area (Å²) in [6, 6.07) is 14.8. The van der Waals surface area contributed by atoms with Crippen LogP contribution in [0.25, 0.3) is 0 Å². The van der Waals surface area contributed by atoms with E-state index < -0.39 is 0 Å². The summed E-state index contributed by atoms with van der Waals surface area (Å²) < 4.78 is 0. The highest BCUT2D eigenvalue weighted by Crippen LogP contribution is 2.37. The van der Waals surface area contributed by atoms with E-state index in [2.05, 4.69) is 41.1 Å². The molecule has 19 heavy (non-hydrogen) atoms. The van der Waals surface area contributed by atoms with Gasteiger partial charge in [0.1, 0.15) is 6.07 Å². The Bertz CT molecular complexity index is 642. The fraction of sp³-hybridized carbons (Fsp3) is 0.250. The van der Waals surface area contributed by atoms with Gasteiger partial charge in [0.2, 0.25) is 0 Å². The summed E-state index contributed by atoms with van der Waals surface area (Å²) in [5.41, 5.74) is 3.94. The van der Waals surface area contributed by atoms with Gasteiger partial charge in [-0.05, 0) is 43.5 Å². The first-order valence-corrected chi connectivity index (χ1v) is 6.53. The quantitative estimate of drug-likeness (QED) is 0.777. The van der Waals surface area contributed by atoms with Crippen LogP contribution in [0, 0.1) is 11.3 Å². The predicted molar refractivity (Wildman–Crippen MR) is 75.3 cm³/mol. The summed E-state index contributed by atoms with van der Waals surface area (Å²) in [4.78, 5) is 6.42. The minimum Gasteiger partial charge on any atom is -0.336 e. The van der Waals surface area contributed by atoms with E-state index in [1.807, 2.05) is 18.2 Å². The van der Waals surface area contributed by atoms with Crippen molar-refractivity contribution in [3.8, 4) is 6.07 Å². The fourth-order valence-corrected chi connectivity index (χ4v) is 2.73. The minimum absolute atomic E-state index is 0.381. The normalized spacial score (nSPS) is 17.7. The van der Waals surface area contributed by atoms with Gasteiger partial charge >= 0.3 is 0 Å². The van der Waals surface area contributed by atoms with Gasteiger partial charge in [0.05, 0.1) is 5.69 Å². The molecule has 0 fully saturated rings. The third-order valence-corrected chi connectivity index (χ3v) is 3.68.